The minimum Gasteiger partial charge on any atom is -0.319 e. The molecule has 0 fully saturated rings. The van der Waals surface area contributed by atoms with Crippen LogP contribution in [0.5, 0.6) is 0 Å². The van der Waals surface area contributed by atoms with Gasteiger partial charge < -0.3 is 5.32 Å². The Hall–Kier alpha value is -3.47. The normalized spacial score (nSPS) is 10.8. The molecule has 1 N–H and O–H groups in total. The molecule has 0 aliphatic rings. The van der Waals surface area contributed by atoms with Gasteiger partial charge in [-0.2, -0.15) is 0 Å². The van der Waals surface area contributed by atoms with E-state index in [9.17, 15) is 4.79 Å². The van der Waals surface area contributed by atoms with Crippen molar-refractivity contribution in [3.8, 4) is 5.69 Å². The van der Waals surface area contributed by atoms with Crippen LogP contribution < -0.4 is 5.32 Å². The Morgan fingerprint density at radius 3 is 2.56 bits per heavy atom. The Kier molecular flexibility index (Phi) is 3.74. The molecule has 122 valence electrons. The first kappa shape index (κ1) is 15.1. The zero-order chi connectivity index (χ0) is 17.2. The Balaban J connectivity index is 1.60. The van der Waals surface area contributed by atoms with Gasteiger partial charge in [0.1, 0.15) is 6.33 Å². The lowest BCUT2D eigenvalue weighted by Crippen LogP contribution is -2.14. The van der Waals surface area contributed by atoms with Crippen molar-refractivity contribution >= 4 is 22.4 Å². The van der Waals surface area contributed by atoms with E-state index in [2.05, 4.69) is 15.4 Å². The number of rotatable bonds is 3. The summed E-state index contributed by atoms with van der Waals surface area (Å²) in [5, 5.41) is 9.23. The van der Waals surface area contributed by atoms with Crippen molar-refractivity contribution in [1.29, 1.82) is 0 Å². The highest BCUT2D eigenvalue weighted by Gasteiger charge is 2.13. The molecule has 0 atom stereocenters. The molecule has 0 aliphatic heterocycles. The Morgan fingerprint density at radius 2 is 1.72 bits per heavy atom. The largest absolute Gasteiger partial charge is 0.319 e. The summed E-state index contributed by atoms with van der Waals surface area (Å²) in [6.45, 7) is 2.02. The smallest absolute Gasteiger partial charge is 0.295 e. The second-order valence-electron chi connectivity index (χ2n) is 5.83. The van der Waals surface area contributed by atoms with Gasteiger partial charge in [0.05, 0.1) is 5.69 Å². The first-order valence-electron chi connectivity index (χ1n) is 7.98. The van der Waals surface area contributed by atoms with Crippen molar-refractivity contribution in [1.82, 2.24) is 14.8 Å². The van der Waals surface area contributed by atoms with E-state index < -0.39 is 0 Å². The number of nitrogens with zero attached hydrogens (tertiary/aromatic N) is 3. The van der Waals surface area contributed by atoms with Crippen LogP contribution in [0.1, 0.15) is 16.2 Å². The van der Waals surface area contributed by atoms with Gasteiger partial charge in [-0.25, -0.2) is 9.67 Å². The lowest BCUT2D eigenvalue weighted by atomic mass is 10.1. The first-order valence-corrected chi connectivity index (χ1v) is 7.98. The van der Waals surface area contributed by atoms with Gasteiger partial charge >= 0.3 is 0 Å². The van der Waals surface area contributed by atoms with Crippen LogP contribution in [0.15, 0.2) is 73.1 Å². The second-order valence-corrected chi connectivity index (χ2v) is 5.83. The number of anilines is 1. The summed E-state index contributed by atoms with van der Waals surface area (Å²) in [5.74, 6) is -0.198. The van der Waals surface area contributed by atoms with E-state index in [1.165, 1.54) is 0 Å². The lowest BCUT2D eigenvalue weighted by molar-refractivity contribution is 0.101. The maximum absolute atomic E-state index is 12.5. The molecular formula is C20H16N4O. The number of carbonyl (C=O) groups is 1. The Morgan fingerprint density at radius 1 is 0.960 bits per heavy atom. The van der Waals surface area contributed by atoms with Gasteiger partial charge in [0.2, 0.25) is 5.82 Å². The number of aryl methyl sites for hydroxylation is 1. The molecular weight excluding hydrogens is 312 g/mol. The van der Waals surface area contributed by atoms with E-state index in [4.69, 9.17) is 0 Å². The quantitative estimate of drug-likeness (QED) is 0.619. The van der Waals surface area contributed by atoms with Gasteiger partial charge in [-0.15, -0.1) is 5.10 Å². The zero-order valence-corrected chi connectivity index (χ0v) is 13.7. The van der Waals surface area contributed by atoms with Crippen LogP contribution in [0.25, 0.3) is 16.5 Å². The van der Waals surface area contributed by atoms with Crippen molar-refractivity contribution < 1.29 is 4.79 Å². The second kappa shape index (κ2) is 6.20. The maximum Gasteiger partial charge on any atom is 0.295 e. The molecule has 5 heteroatoms. The molecule has 3 aromatic carbocycles. The molecule has 5 nitrogen and oxygen atoms in total. The standard InChI is InChI=1S/C20H16N4O/c1-14-9-11-16(12-10-14)24-13-21-19(23-24)20(25)22-18-8-4-6-15-5-2-3-7-17(15)18/h2-13H,1H3,(H,22,25). The monoisotopic (exact) mass is 328 g/mol. The third-order valence-corrected chi connectivity index (χ3v) is 4.03. The minimum absolute atomic E-state index is 0.133. The third kappa shape index (κ3) is 2.99. The fourth-order valence-electron chi connectivity index (χ4n) is 2.70. The molecule has 0 aliphatic carbocycles. The molecule has 1 heterocycles. The molecule has 4 aromatic rings. The van der Waals surface area contributed by atoms with Gasteiger partial charge in [-0.05, 0) is 30.5 Å². The summed E-state index contributed by atoms with van der Waals surface area (Å²) in [7, 11) is 0. The van der Waals surface area contributed by atoms with E-state index in [0.29, 0.717) is 0 Å². The molecule has 25 heavy (non-hydrogen) atoms. The third-order valence-electron chi connectivity index (χ3n) is 4.03. The fourth-order valence-corrected chi connectivity index (χ4v) is 2.70. The number of nitrogens with one attached hydrogen (secondary N) is 1. The van der Waals surface area contributed by atoms with Crippen LogP contribution in [-0.2, 0) is 0 Å². The number of hydrogen-bond donors (Lipinski definition) is 1. The predicted octanol–water partition coefficient (Wildman–Crippen LogP) is 3.98. The van der Waals surface area contributed by atoms with Gasteiger partial charge in [-0.3, -0.25) is 4.79 Å². The number of amides is 1. The molecule has 0 unspecified atom stereocenters. The number of carbonyl (C=O) groups excluding carboxylic acids is 1. The highest BCUT2D eigenvalue weighted by molar-refractivity contribution is 6.07. The summed E-state index contributed by atoms with van der Waals surface area (Å²) in [6, 6.07) is 21.6. The first-order chi connectivity index (χ1) is 12.2. The average Bonchev–Trinajstić information content (AvgIpc) is 3.13. The molecule has 1 aromatic heterocycles. The average molecular weight is 328 g/mol. The van der Waals surface area contributed by atoms with E-state index in [1.807, 2.05) is 73.7 Å². The van der Waals surface area contributed by atoms with Crippen LogP contribution in [0.4, 0.5) is 5.69 Å². The molecule has 0 saturated heterocycles. The summed E-state index contributed by atoms with van der Waals surface area (Å²) in [4.78, 5) is 16.6. The summed E-state index contributed by atoms with van der Waals surface area (Å²) in [5.41, 5.74) is 2.77. The van der Waals surface area contributed by atoms with E-state index in [0.717, 1.165) is 27.7 Å². The van der Waals surface area contributed by atoms with Crippen LogP contribution in [0.2, 0.25) is 0 Å². The predicted molar refractivity (Wildman–Crippen MR) is 98.0 cm³/mol. The van der Waals surface area contributed by atoms with E-state index in [-0.39, 0.29) is 11.7 Å². The van der Waals surface area contributed by atoms with Crippen molar-refractivity contribution in [2.24, 2.45) is 0 Å². The van der Waals surface area contributed by atoms with Crippen molar-refractivity contribution in [2.75, 3.05) is 5.32 Å². The lowest BCUT2D eigenvalue weighted by Gasteiger charge is -2.07. The molecule has 0 saturated carbocycles. The molecule has 4 rings (SSSR count). The molecule has 0 bridgehead atoms. The molecule has 0 radical (unpaired) electrons. The van der Waals surface area contributed by atoms with E-state index in [1.54, 1.807) is 11.0 Å². The SMILES string of the molecule is Cc1ccc(-n2cnc(C(=O)Nc3cccc4ccccc34)n2)cc1. The van der Waals surface area contributed by atoms with Gasteiger partial charge in [0, 0.05) is 11.1 Å². The van der Waals surface area contributed by atoms with Crippen molar-refractivity contribution in [3.63, 3.8) is 0 Å². The van der Waals surface area contributed by atoms with Gasteiger partial charge in [0.15, 0.2) is 0 Å². The number of benzene rings is 3. The van der Waals surface area contributed by atoms with Crippen molar-refractivity contribution in [3.05, 3.63) is 84.4 Å². The van der Waals surface area contributed by atoms with Gasteiger partial charge in [0.25, 0.3) is 5.91 Å². The summed E-state index contributed by atoms with van der Waals surface area (Å²) in [6.07, 6.45) is 1.54. The number of fused-ring (bicyclic) bond motifs is 1. The van der Waals surface area contributed by atoms with Crippen LogP contribution in [0.3, 0.4) is 0 Å². The van der Waals surface area contributed by atoms with Crippen LogP contribution >= 0.6 is 0 Å². The maximum atomic E-state index is 12.5. The van der Waals surface area contributed by atoms with Crippen LogP contribution in [0, 0.1) is 6.92 Å². The number of hydrogen-bond acceptors (Lipinski definition) is 3. The summed E-state index contributed by atoms with van der Waals surface area (Å²) >= 11 is 0. The Bertz CT molecular complexity index is 1050. The highest BCUT2D eigenvalue weighted by atomic mass is 16.2. The van der Waals surface area contributed by atoms with Gasteiger partial charge in [-0.1, -0.05) is 54.1 Å². The van der Waals surface area contributed by atoms with Crippen LogP contribution in [-0.4, -0.2) is 20.7 Å². The molecule has 0 spiro atoms. The number of aromatic nitrogens is 3. The minimum atomic E-state index is -0.331. The fraction of sp³-hybridized carbons (Fsp3) is 0.0500. The topological polar surface area (TPSA) is 59.8 Å². The summed E-state index contributed by atoms with van der Waals surface area (Å²) < 4.78 is 1.59. The zero-order valence-electron chi connectivity index (χ0n) is 13.7. The molecule has 1 amide bonds. The van der Waals surface area contributed by atoms with Crippen molar-refractivity contribution in [2.45, 2.75) is 6.92 Å². The Labute approximate surface area is 144 Å². The van der Waals surface area contributed by atoms with E-state index >= 15 is 0 Å². The highest BCUT2D eigenvalue weighted by Crippen LogP contribution is 2.23.